The zero-order valence-electron chi connectivity index (χ0n) is 14.7. The average Bonchev–Trinajstić information content (AvgIpc) is 3.14. The van der Waals surface area contributed by atoms with Crippen LogP contribution in [0.15, 0.2) is 34.9 Å². The van der Waals surface area contributed by atoms with E-state index in [1.165, 1.54) is 0 Å². The Hall–Kier alpha value is -1.89. The smallest absolute Gasteiger partial charge is 0.220 e. The molecule has 1 N–H and O–H groups in total. The van der Waals surface area contributed by atoms with Crippen molar-refractivity contribution in [2.24, 2.45) is 0 Å². The van der Waals surface area contributed by atoms with E-state index in [9.17, 15) is 4.79 Å². The number of oxazole rings is 1. The maximum Gasteiger partial charge on any atom is 0.220 e. The summed E-state index contributed by atoms with van der Waals surface area (Å²) in [4.78, 5) is 18.6. The molecule has 0 unspecified atom stereocenters. The van der Waals surface area contributed by atoms with Crippen LogP contribution in [0.4, 0.5) is 0 Å². The summed E-state index contributed by atoms with van der Waals surface area (Å²) in [7, 11) is 0. The number of carbonyl (C=O) groups is 1. The van der Waals surface area contributed by atoms with Gasteiger partial charge < -0.3 is 14.5 Å². The molecule has 6 nitrogen and oxygen atoms in total. The van der Waals surface area contributed by atoms with Gasteiger partial charge in [0.2, 0.25) is 5.91 Å². The lowest BCUT2D eigenvalue weighted by Gasteiger charge is -2.26. The fraction of sp³-hybridized carbons (Fsp3) is 0.474. The van der Waals surface area contributed by atoms with Crippen molar-refractivity contribution in [3.05, 3.63) is 41.4 Å². The van der Waals surface area contributed by atoms with Crippen molar-refractivity contribution in [2.75, 3.05) is 39.4 Å². The molecule has 0 atom stereocenters. The molecule has 0 spiro atoms. The van der Waals surface area contributed by atoms with Crippen molar-refractivity contribution in [1.82, 2.24) is 15.2 Å². The quantitative estimate of drug-likeness (QED) is 0.716. The van der Waals surface area contributed by atoms with Gasteiger partial charge in [-0.2, -0.15) is 0 Å². The van der Waals surface area contributed by atoms with Crippen molar-refractivity contribution in [3.63, 3.8) is 0 Å². The zero-order valence-corrected chi connectivity index (χ0v) is 15.5. The molecule has 1 aliphatic heterocycles. The van der Waals surface area contributed by atoms with Gasteiger partial charge in [-0.25, -0.2) is 4.98 Å². The van der Waals surface area contributed by atoms with E-state index >= 15 is 0 Å². The summed E-state index contributed by atoms with van der Waals surface area (Å²) in [5, 5.41) is 3.64. The van der Waals surface area contributed by atoms with E-state index in [1.54, 1.807) is 6.20 Å². The molecule has 1 fully saturated rings. The fourth-order valence-corrected chi connectivity index (χ4v) is 2.96. The number of nitrogens with zero attached hydrogens (tertiary/aromatic N) is 2. The maximum atomic E-state index is 12.0. The van der Waals surface area contributed by atoms with Crippen LogP contribution in [-0.2, 0) is 16.0 Å². The minimum atomic E-state index is 0.0261. The van der Waals surface area contributed by atoms with Crippen LogP contribution >= 0.6 is 11.6 Å². The Morgan fingerprint density at radius 3 is 2.77 bits per heavy atom. The number of nitrogens with one attached hydrogen (secondary N) is 1. The number of hydrogen-bond donors (Lipinski definition) is 1. The Morgan fingerprint density at radius 1 is 1.23 bits per heavy atom. The lowest BCUT2D eigenvalue weighted by molar-refractivity contribution is -0.121. The molecule has 26 heavy (non-hydrogen) atoms. The number of amides is 1. The lowest BCUT2D eigenvalue weighted by Crippen LogP contribution is -2.38. The Morgan fingerprint density at radius 2 is 2.00 bits per heavy atom. The maximum absolute atomic E-state index is 12.0. The number of morpholine rings is 1. The Kier molecular flexibility index (Phi) is 7.05. The van der Waals surface area contributed by atoms with E-state index in [4.69, 9.17) is 20.8 Å². The van der Waals surface area contributed by atoms with Gasteiger partial charge in [-0.05, 0) is 37.2 Å². The van der Waals surface area contributed by atoms with Crippen LogP contribution in [0.3, 0.4) is 0 Å². The summed E-state index contributed by atoms with van der Waals surface area (Å²) >= 11 is 5.89. The molecule has 3 rings (SSSR count). The monoisotopic (exact) mass is 377 g/mol. The highest BCUT2D eigenvalue weighted by molar-refractivity contribution is 6.30. The molecule has 7 heteroatoms. The molecule has 1 aromatic heterocycles. The van der Waals surface area contributed by atoms with Gasteiger partial charge in [0.05, 0.1) is 19.4 Å². The van der Waals surface area contributed by atoms with Crippen LogP contribution in [0.25, 0.3) is 11.3 Å². The molecule has 1 amide bonds. The third kappa shape index (κ3) is 5.83. The highest BCUT2D eigenvalue weighted by Gasteiger charge is 2.11. The van der Waals surface area contributed by atoms with E-state index in [1.807, 2.05) is 24.3 Å². The molecule has 1 aliphatic rings. The molecule has 0 bridgehead atoms. The highest BCUT2D eigenvalue weighted by atomic mass is 35.5. The first-order chi connectivity index (χ1) is 12.7. The number of rotatable bonds is 8. The second kappa shape index (κ2) is 9.71. The molecule has 2 aromatic rings. The SMILES string of the molecule is O=C(CCc1ncc(-c2ccc(Cl)cc2)o1)NCCCN1CCOCC1. The van der Waals surface area contributed by atoms with E-state index in [0.29, 0.717) is 36.1 Å². The fourth-order valence-electron chi connectivity index (χ4n) is 2.84. The molecular weight excluding hydrogens is 354 g/mol. The van der Waals surface area contributed by atoms with Crippen LogP contribution in [0.5, 0.6) is 0 Å². The predicted octanol–water partition coefficient (Wildman–Crippen LogP) is 2.77. The van der Waals surface area contributed by atoms with Crippen molar-refractivity contribution < 1.29 is 13.9 Å². The second-order valence-electron chi connectivity index (χ2n) is 6.28. The predicted molar refractivity (Wildman–Crippen MR) is 100 cm³/mol. The Bertz CT molecular complexity index is 696. The third-order valence-electron chi connectivity index (χ3n) is 4.33. The summed E-state index contributed by atoms with van der Waals surface area (Å²) in [5.74, 6) is 1.28. The molecule has 140 valence electrons. The standard InChI is InChI=1S/C19H24ClN3O3/c20-16-4-2-15(3-5-16)17-14-22-19(26-17)7-6-18(24)21-8-1-9-23-10-12-25-13-11-23/h2-5,14H,1,6-13H2,(H,21,24). The topological polar surface area (TPSA) is 67.6 Å². The van der Waals surface area contributed by atoms with Crippen molar-refractivity contribution >= 4 is 17.5 Å². The molecular formula is C19H24ClN3O3. The summed E-state index contributed by atoms with van der Waals surface area (Å²) in [5.41, 5.74) is 0.917. The number of halogens is 1. The van der Waals surface area contributed by atoms with E-state index in [-0.39, 0.29) is 5.91 Å². The van der Waals surface area contributed by atoms with Crippen LogP contribution in [0, 0.1) is 0 Å². The van der Waals surface area contributed by atoms with Gasteiger partial charge in [-0.1, -0.05) is 11.6 Å². The number of ether oxygens (including phenoxy) is 1. The van der Waals surface area contributed by atoms with Gasteiger partial charge in [0.1, 0.15) is 0 Å². The number of aromatic nitrogens is 1. The van der Waals surface area contributed by atoms with Crippen LogP contribution in [0.1, 0.15) is 18.7 Å². The van der Waals surface area contributed by atoms with Crippen molar-refractivity contribution in [2.45, 2.75) is 19.3 Å². The highest BCUT2D eigenvalue weighted by Crippen LogP contribution is 2.22. The number of aryl methyl sites for hydroxylation is 1. The molecule has 0 saturated carbocycles. The van der Waals surface area contributed by atoms with Crippen LogP contribution in [-0.4, -0.2) is 55.2 Å². The van der Waals surface area contributed by atoms with Crippen LogP contribution in [0.2, 0.25) is 5.02 Å². The van der Waals surface area contributed by atoms with Gasteiger partial charge in [0, 0.05) is 43.1 Å². The van der Waals surface area contributed by atoms with E-state index in [2.05, 4.69) is 15.2 Å². The van der Waals surface area contributed by atoms with Gasteiger partial charge >= 0.3 is 0 Å². The van der Waals surface area contributed by atoms with Gasteiger partial charge in [0.15, 0.2) is 11.7 Å². The largest absolute Gasteiger partial charge is 0.441 e. The van der Waals surface area contributed by atoms with Crippen LogP contribution < -0.4 is 5.32 Å². The second-order valence-corrected chi connectivity index (χ2v) is 6.72. The molecule has 1 saturated heterocycles. The summed E-state index contributed by atoms with van der Waals surface area (Å²) in [6.07, 6.45) is 3.49. The van der Waals surface area contributed by atoms with E-state index in [0.717, 1.165) is 44.8 Å². The molecule has 1 aromatic carbocycles. The first kappa shape index (κ1) is 18.9. The lowest BCUT2D eigenvalue weighted by atomic mass is 10.2. The minimum absolute atomic E-state index is 0.0261. The molecule has 0 radical (unpaired) electrons. The van der Waals surface area contributed by atoms with Gasteiger partial charge in [0.25, 0.3) is 0 Å². The van der Waals surface area contributed by atoms with Crippen molar-refractivity contribution in [1.29, 1.82) is 0 Å². The Labute approximate surface area is 158 Å². The minimum Gasteiger partial charge on any atom is -0.441 e. The summed E-state index contributed by atoms with van der Waals surface area (Å²) in [6, 6.07) is 7.38. The Balaban J connectivity index is 1.34. The first-order valence-corrected chi connectivity index (χ1v) is 9.36. The first-order valence-electron chi connectivity index (χ1n) is 8.98. The summed E-state index contributed by atoms with van der Waals surface area (Å²) in [6.45, 7) is 5.26. The third-order valence-corrected chi connectivity index (χ3v) is 4.58. The summed E-state index contributed by atoms with van der Waals surface area (Å²) < 4.78 is 11.0. The number of benzene rings is 1. The zero-order chi connectivity index (χ0) is 18.2. The molecule has 0 aliphatic carbocycles. The van der Waals surface area contributed by atoms with E-state index < -0.39 is 0 Å². The van der Waals surface area contributed by atoms with Crippen molar-refractivity contribution in [3.8, 4) is 11.3 Å². The normalized spacial score (nSPS) is 15.1. The van der Waals surface area contributed by atoms with Gasteiger partial charge in [-0.3, -0.25) is 9.69 Å². The molecule has 2 heterocycles. The number of carbonyl (C=O) groups excluding carboxylic acids is 1. The average molecular weight is 378 g/mol. The number of hydrogen-bond acceptors (Lipinski definition) is 5. The van der Waals surface area contributed by atoms with Gasteiger partial charge in [-0.15, -0.1) is 0 Å².